The van der Waals surface area contributed by atoms with Gasteiger partial charge in [-0.2, -0.15) is 13.2 Å². The first kappa shape index (κ1) is 15.6. The van der Waals surface area contributed by atoms with Crippen molar-refractivity contribution in [3.05, 3.63) is 23.9 Å². The van der Waals surface area contributed by atoms with Gasteiger partial charge in [-0.3, -0.25) is 4.79 Å². The summed E-state index contributed by atoms with van der Waals surface area (Å²) in [6.07, 6.45) is -1.19. The van der Waals surface area contributed by atoms with E-state index in [2.05, 4.69) is 15.0 Å². The van der Waals surface area contributed by atoms with E-state index in [9.17, 15) is 23.1 Å². The number of alkyl halides is 3. The van der Waals surface area contributed by atoms with Crippen LogP contribution in [0.15, 0.2) is 18.3 Å². The zero-order chi connectivity index (χ0) is 15.5. The number of nitrogens with zero attached hydrogens (tertiary/aromatic N) is 1. The molecule has 1 aromatic rings. The third kappa shape index (κ3) is 4.32. The van der Waals surface area contributed by atoms with Crippen LogP contribution in [0.2, 0.25) is 0 Å². The highest BCUT2D eigenvalue weighted by atomic mass is 19.4. The zero-order valence-electron chi connectivity index (χ0n) is 11.1. The first-order chi connectivity index (χ1) is 9.79. The molecule has 116 valence electrons. The van der Waals surface area contributed by atoms with Gasteiger partial charge in [-0.25, -0.2) is 4.98 Å². The van der Waals surface area contributed by atoms with Crippen molar-refractivity contribution in [3.63, 3.8) is 0 Å². The second kappa shape index (κ2) is 5.88. The molecular formula is C13H15F3N2O3. The van der Waals surface area contributed by atoms with Gasteiger partial charge in [0.2, 0.25) is 5.88 Å². The predicted octanol–water partition coefficient (Wildman–Crippen LogP) is 1.67. The van der Waals surface area contributed by atoms with Crippen molar-refractivity contribution in [1.82, 2.24) is 10.3 Å². The van der Waals surface area contributed by atoms with Crippen LogP contribution in [0.25, 0.3) is 0 Å². The molecule has 1 aromatic heterocycles. The van der Waals surface area contributed by atoms with E-state index in [0.717, 1.165) is 6.42 Å². The number of ether oxygens (including phenoxy) is 1. The largest absolute Gasteiger partial charge is 0.467 e. The molecule has 8 heteroatoms. The molecule has 0 unspecified atom stereocenters. The molecule has 1 amide bonds. The van der Waals surface area contributed by atoms with Crippen LogP contribution in [-0.2, 0) is 0 Å². The predicted molar refractivity (Wildman–Crippen MR) is 66.9 cm³/mol. The number of carbonyl (C=O) groups is 1. The van der Waals surface area contributed by atoms with E-state index in [0.29, 0.717) is 12.8 Å². The number of carbonyl (C=O) groups excluding carboxylic acids is 1. The summed E-state index contributed by atoms with van der Waals surface area (Å²) in [5.74, 6) is -1.01. The fourth-order valence-electron chi connectivity index (χ4n) is 1.93. The van der Waals surface area contributed by atoms with E-state index in [4.69, 9.17) is 0 Å². The summed E-state index contributed by atoms with van der Waals surface area (Å²) in [7, 11) is 0. The Morgan fingerprint density at radius 3 is 2.76 bits per heavy atom. The number of hydrogen-bond donors (Lipinski definition) is 2. The number of pyridine rings is 1. The van der Waals surface area contributed by atoms with E-state index in [1.54, 1.807) is 0 Å². The first-order valence-electron chi connectivity index (χ1n) is 6.44. The number of amides is 1. The van der Waals surface area contributed by atoms with Crippen LogP contribution in [0.1, 0.15) is 29.6 Å². The minimum absolute atomic E-state index is 0.0550. The molecular weight excluding hydrogens is 289 g/mol. The number of nitrogens with one attached hydrogen (secondary N) is 1. The van der Waals surface area contributed by atoms with E-state index in [1.165, 1.54) is 18.3 Å². The molecule has 21 heavy (non-hydrogen) atoms. The molecule has 0 bridgehead atoms. The van der Waals surface area contributed by atoms with Crippen LogP contribution in [-0.4, -0.2) is 40.9 Å². The minimum atomic E-state index is -4.51. The van der Waals surface area contributed by atoms with Crippen LogP contribution in [0, 0.1) is 0 Å². The van der Waals surface area contributed by atoms with Crippen LogP contribution in [0.5, 0.6) is 5.88 Å². The molecule has 1 aliphatic rings. The molecule has 5 nitrogen and oxygen atoms in total. The number of aliphatic hydroxyl groups is 1. The summed E-state index contributed by atoms with van der Waals surface area (Å²) in [6, 6.07) is 2.74. The summed E-state index contributed by atoms with van der Waals surface area (Å²) in [5, 5.41) is 12.4. The number of aromatic nitrogens is 1. The quantitative estimate of drug-likeness (QED) is 0.868. The Kier molecular flexibility index (Phi) is 4.36. The molecule has 0 spiro atoms. The van der Waals surface area contributed by atoms with Gasteiger partial charge in [0, 0.05) is 12.7 Å². The smallest absolute Gasteiger partial charge is 0.422 e. The van der Waals surface area contributed by atoms with Crippen molar-refractivity contribution in [2.24, 2.45) is 0 Å². The Labute approximate surface area is 119 Å². The Morgan fingerprint density at radius 2 is 2.19 bits per heavy atom. The van der Waals surface area contributed by atoms with Gasteiger partial charge < -0.3 is 15.2 Å². The molecule has 1 aliphatic carbocycles. The van der Waals surface area contributed by atoms with Crippen molar-refractivity contribution >= 4 is 5.91 Å². The molecule has 0 saturated heterocycles. The SMILES string of the molecule is O=C(NCC1(O)CCC1)c1cccnc1OCC(F)(F)F. The van der Waals surface area contributed by atoms with Crippen molar-refractivity contribution < 1.29 is 27.8 Å². The lowest BCUT2D eigenvalue weighted by Gasteiger charge is -2.36. The Balaban J connectivity index is 1.99. The van der Waals surface area contributed by atoms with Crippen molar-refractivity contribution in [1.29, 1.82) is 0 Å². The van der Waals surface area contributed by atoms with Gasteiger partial charge in [0.25, 0.3) is 5.91 Å². The van der Waals surface area contributed by atoms with Crippen LogP contribution < -0.4 is 10.1 Å². The fourth-order valence-corrected chi connectivity index (χ4v) is 1.93. The van der Waals surface area contributed by atoms with E-state index in [1.807, 2.05) is 0 Å². The van der Waals surface area contributed by atoms with Gasteiger partial charge in [0.1, 0.15) is 5.56 Å². The maximum atomic E-state index is 12.1. The highest BCUT2D eigenvalue weighted by molar-refractivity contribution is 5.96. The molecule has 0 radical (unpaired) electrons. The van der Waals surface area contributed by atoms with Gasteiger partial charge >= 0.3 is 6.18 Å². The summed E-state index contributed by atoms with van der Waals surface area (Å²) in [4.78, 5) is 15.6. The topological polar surface area (TPSA) is 71.5 Å². The first-order valence-corrected chi connectivity index (χ1v) is 6.44. The molecule has 1 fully saturated rings. The molecule has 2 N–H and O–H groups in total. The third-order valence-corrected chi connectivity index (χ3v) is 3.25. The van der Waals surface area contributed by atoms with E-state index >= 15 is 0 Å². The average Bonchev–Trinajstić information content (AvgIpc) is 2.40. The lowest BCUT2D eigenvalue weighted by Crippen LogP contribution is -2.47. The molecule has 0 aliphatic heterocycles. The van der Waals surface area contributed by atoms with Crippen LogP contribution in [0.4, 0.5) is 13.2 Å². The molecule has 1 heterocycles. The number of halogens is 3. The summed E-state index contributed by atoms with van der Waals surface area (Å²) in [6.45, 7) is -1.46. The Hall–Kier alpha value is -1.83. The summed E-state index contributed by atoms with van der Waals surface area (Å²) in [5.41, 5.74) is -1.00. The highest BCUT2D eigenvalue weighted by Crippen LogP contribution is 2.30. The number of rotatable bonds is 5. The van der Waals surface area contributed by atoms with Crippen molar-refractivity contribution in [2.45, 2.75) is 31.0 Å². The van der Waals surface area contributed by atoms with Crippen molar-refractivity contribution in [3.8, 4) is 5.88 Å². The van der Waals surface area contributed by atoms with Crippen LogP contribution in [0.3, 0.4) is 0 Å². The number of hydrogen-bond acceptors (Lipinski definition) is 4. The standard InChI is InChI=1S/C13H15F3N2O3/c14-13(15,16)8-21-11-9(3-1-6-17-11)10(19)18-7-12(20)4-2-5-12/h1,3,6,20H,2,4-5,7-8H2,(H,18,19). The highest BCUT2D eigenvalue weighted by Gasteiger charge is 2.35. The molecule has 0 aromatic carbocycles. The van der Waals surface area contributed by atoms with Gasteiger partial charge in [-0.15, -0.1) is 0 Å². The monoisotopic (exact) mass is 304 g/mol. The minimum Gasteiger partial charge on any atom is -0.467 e. The third-order valence-electron chi connectivity index (χ3n) is 3.25. The molecule has 0 atom stereocenters. The normalized spacial score (nSPS) is 17.0. The lowest BCUT2D eigenvalue weighted by atomic mass is 9.80. The lowest BCUT2D eigenvalue weighted by molar-refractivity contribution is -0.154. The van der Waals surface area contributed by atoms with E-state index < -0.39 is 24.3 Å². The maximum Gasteiger partial charge on any atom is 0.422 e. The fraction of sp³-hybridized carbons (Fsp3) is 0.538. The van der Waals surface area contributed by atoms with Crippen molar-refractivity contribution in [2.75, 3.05) is 13.2 Å². The van der Waals surface area contributed by atoms with Gasteiger partial charge in [0.05, 0.1) is 5.60 Å². The Bertz CT molecular complexity index is 516. The summed E-state index contributed by atoms with van der Waals surface area (Å²) >= 11 is 0. The summed E-state index contributed by atoms with van der Waals surface area (Å²) < 4.78 is 41.0. The second-order valence-electron chi connectivity index (χ2n) is 5.02. The molecule has 1 saturated carbocycles. The van der Waals surface area contributed by atoms with E-state index in [-0.39, 0.29) is 18.0 Å². The Morgan fingerprint density at radius 1 is 1.48 bits per heavy atom. The van der Waals surface area contributed by atoms with Gasteiger partial charge in [-0.1, -0.05) is 0 Å². The second-order valence-corrected chi connectivity index (χ2v) is 5.02. The van der Waals surface area contributed by atoms with Crippen LogP contribution >= 0.6 is 0 Å². The maximum absolute atomic E-state index is 12.1. The molecule has 2 rings (SSSR count). The zero-order valence-corrected chi connectivity index (χ0v) is 11.1. The van der Waals surface area contributed by atoms with Gasteiger partial charge in [-0.05, 0) is 31.4 Å². The van der Waals surface area contributed by atoms with Gasteiger partial charge in [0.15, 0.2) is 6.61 Å². The average molecular weight is 304 g/mol.